The summed E-state index contributed by atoms with van der Waals surface area (Å²) in [6.45, 7) is 2.26. The van der Waals surface area contributed by atoms with E-state index < -0.39 is 23.2 Å². The quantitative estimate of drug-likeness (QED) is 0.506. The Labute approximate surface area is 172 Å². The molecule has 29 heavy (non-hydrogen) atoms. The van der Waals surface area contributed by atoms with Crippen LogP contribution in [-0.2, 0) is 6.42 Å². The van der Waals surface area contributed by atoms with Crippen LogP contribution in [0.15, 0.2) is 36.4 Å². The lowest BCUT2D eigenvalue weighted by Gasteiger charge is -2.28. The van der Waals surface area contributed by atoms with Gasteiger partial charge in [0.25, 0.3) is 0 Å². The number of hydrogen-bond acceptors (Lipinski definition) is 1. The third kappa shape index (κ3) is 5.65. The van der Waals surface area contributed by atoms with Gasteiger partial charge in [-0.1, -0.05) is 76.1 Å². The number of carboxylic acids is 1. The molecular formula is C25H30F2O2. The van der Waals surface area contributed by atoms with Crippen molar-refractivity contribution in [1.29, 1.82) is 0 Å². The number of carboxylic acid groups (broad SMARTS) is 1. The molecule has 0 radical (unpaired) electrons. The van der Waals surface area contributed by atoms with Crippen molar-refractivity contribution in [3.05, 3.63) is 59.2 Å². The summed E-state index contributed by atoms with van der Waals surface area (Å²) in [5.41, 5.74) is 1.35. The summed E-state index contributed by atoms with van der Waals surface area (Å²) in [5.74, 6) is -1.96. The van der Waals surface area contributed by atoms with Crippen LogP contribution >= 0.6 is 0 Å². The summed E-state index contributed by atoms with van der Waals surface area (Å²) >= 11 is 0. The van der Waals surface area contributed by atoms with Gasteiger partial charge in [0.1, 0.15) is 17.2 Å². The van der Waals surface area contributed by atoms with E-state index >= 15 is 0 Å². The molecule has 0 unspecified atom stereocenters. The Hall–Kier alpha value is -2.23. The van der Waals surface area contributed by atoms with Gasteiger partial charge in [-0.2, -0.15) is 0 Å². The summed E-state index contributed by atoms with van der Waals surface area (Å²) in [4.78, 5) is 10.9. The highest BCUT2D eigenvalue weighted by Gasteiger charge is 2.21. The smallest absolute Gasteiger partial charge is 0.341 e. The molecule has 0 aliphatic heterocycles. The number of hydrogen-bond donors (Lipinski definition) is 1. The Morgan fingerprint density at radius 3 is 2.00 bits per heavy atom. The zero-order valence-corrected chi connectivity index (χ0v) is 17.1. The molecule has 156 valence electrons. The van der Waals surface area contributed by atoms with Crippen LogP contribution in [0.5, 0.6) is 0 Å². The molecule has 0 spiro atoms. The number of halogens is 2. The second kappa shape index (κ2) is 10.00. The minimum absolute atomic E-state index is 0.349. The van der Waals surface area contributed by atoms with Crippen LogP contribution < -0.4 is 0 Å². The van der Waals surface area contributed by atoms with Gasteiger partial charge in [-0.05, 0) is 53.5 Å². The molecule has 1 N–H and O–H groups in total. The highest BCUT2D eigenvalue weighted by molar-refractivity contribution is 5.89. The van der Waals surface area contributed by atoms with Crippen molar-refractivity contribution in [2.75, 3.05) is 0 Å². The van der Waals surface area contributed by atoms with Crippen molar-refractivity contribution >= 4 is 5.97 Å². The summed E-state index contributed by atoms with van der Waals surface area (Å²) in [5, 5.41) is 8.88. The van der Waals surface area contributed by atoms with Crippen LogP contribution in [0.25, 0.3) is 11.1 Å². The topological polar surface area (TPSA) is 37.3 Å². The molecule has 0 heterocycles. The molecule has 2 aromatic rings. The van der Waals surface area contributed by atoms with Crippen molar-refractivity contribution in [3.8, 4) is 11.1 Å². The van der Waals surface area contributed by atoms with E-state index in [2.05, 4.69) is 6.92 Å². The largest absolute Gasteiger partial charge is 0.477 e. The molecular weight excluding hydrogens is 370 g/mol. The Kier molecular flexibility index (Phi) is 7.40. The van der Waals surface area contributed by atoms with Gasteiger partial charge in [-0.25, -0.2) is 13.6 Å². The number of carbonyl (C=O) groups is 1. The van der Waals surface area contributed by atoms with E-state index in [4.69, 9.17) is 5.11 Å². The zero-order chi connectivity index (χ0) is 20.8. The fourth-order valence-electron chi connectivity index (χ4n) is 4.48. The molecule has 2 nitrogen and oxygen atoms in total. The van der Waals surface area contributed by atoms with Gasteiger partial charge in [0.05, 0.1) is 0 Å². The predicted octanol–water partition coefficient (Wildman–Crippen LogP) is 7.26. The first-order valence-electron chi connectivity index (χ1n) is 10.8. The normalized spacial score (nSPS) is 19.3. The van der Waals surface area contributed by atoms with Gasteiger partial charge >= 0.3 is 5.97 Å². The van der Waals surface area contributed by atoms with Gasteiger partial charge in [0.2, 0.25) is 0 Å². The number of unbranched alkanes of at least 4 members (excludes halogenated alkanes) is 1. The lowest BCUT2D eigenvalue weighted by molar-refractivity contribution is 0.0686. The molecule has 2 aromatic carbocycles. The lowest BCUT2D eigenvalue weighted by Crippen LogP contribution is -2.15. The van der Waals surface area contributed by atoms with Crippen LogP contribution in [0, 0.1) is 23.5 Å². The number of benzene rings is 2. The van der Waals surface area contributed by atoms with E-state index in [0.29, 0.717) is 11.1 Å². The van der Waals surface area contributed by atoms with Gasteiger partial charge in [0.15, 0.2) is 0 Å². The van der Waals surface area contributed by atoms with E-state index in [-0.39, 0.29) is 0 Å². The molecule has 1 saturated carbocycles. The van der Waals surface area contributed by atoms with Crippen molar-refractivity contribution in [3.63, 3.8) is 0 Å². The maximum Gasteiger partial charge on any atom is 0.341 e. The molecule has 0 amide bonds. The third-order valence-electron chi connectivity index (χ3n) is 6.32. The lowest BCUT2D eigenvalue weighted by atomic mass is 9.78. The highest BCUT2D eigenvalue weighted by Crippen LogP contribution is 2.34. The van der Waals surface area contributed by atoms with Crippen LogP contribution in [0.4, 0.5) is 8.78 Å². The summed E-state index contributed by atoms with van der Waals surface area (Å²) < 4.78 is 27.9. The standard InChI is InChI=1S/C25H30F2O2/c1-2-3-4-17-5-7-18(8-6-17)9-10-19-11-13-20(14-12-19)21-15-22(26)24(25(28)29)23(27)16-21/h11-18H,2-10H2,1H3,(H,28,29)/t17-,18-. The van der Waals surface area contributed by atoms with Crippen molar-refractivity contribution in [2.24, 2.45) is 11.8 Å². The van der Waals surface area contributed by atoms with Gasteiger partial charge < -0.3 is 5.11 Å². The first-order valence-corrected chi connectivity index (χ1v) is 10.8. The monoisotopic (exact) mass is 400 g/mol. The molecule has 0 aromatic heterocycles. The maximum absolute atomic E-state index is 13.9. The minimum Gasteiger partial charge on any atom is -0.477 e. The van der Waals surface area contributed by atoms with E-state index in [1.54, 1.807) is 0 Å². The molecule has 0 saturated heterocycles. The molecule has 4 heteroatoms. The molecule has 1 aliphatic rings. The van der Waals surface area contributed by atoms with Crippen molar-refractivity contribution in [2.45, 2.75) is 64.7 Å². The predicted molar refractivity (Wildman–Crippen MR) is 112 cm³/mol. The van der Waals surface area contributed by atoms with E-state index in [1.165, 1.54) is 56.9 Å². The first kappa shape index (κ1) is 21.5. The number of rotatable bonds is 8. The van der Waals surface area contributed by atoms with Crippen LogP contribution in [0.3, 0.4) is 0 Å². The Morgan fingerprint density at radius 2 is 1.48 bits per heavy atom. The Balaban J connectivity index is 1.55. The fourth-order valence-corrected chi connectivity index (χ4v) is 4.48. The number of aryl methyl sites for hydroxylation is 1. The van der Waals surface area contributed by atoms with Gasteiger partial charge in [-0.15, -0.1) is 0 Å². The van der Waals surface area contributed by atoms with Crippen LogP contribution in [0.1, 0.15) is 74.2 Å². The molecule has 0 atom stereocenters. The summed E-state index contributed by atoms with van der Waals surface area (Å²) in [6, 6.07) is 9.88. The summed E-state index contributed by atoms with van der Waals surface area (Å²) in [6.07, 6.45) is 11.6. The minimum atomic E-state index is -1.60. The van der Waals surface area contributed by atoms with E-state index in [0.717, 1.165) is 30.4 Å². The maximum atomic E-state index is 13.9. The Bertz CT molecular complexity index is 798. The van der Waals surface area contributed by atoms with Crippen LogP contribution in [0.2, 0.25) is 0 Å². The molecule has 1 fully saturated rings. The second-order valence-electron chi connectivity index (χ2n) is 8.38. The zero-order valence-electron chi connectivity index (χ0n) is 17.1. The average molecular weight is 401 g/mol. The Morgan fingerprint density at radius 1 is 0.931 bits per heavy atom. The molecule has 1 aliphatic carbocycles. The number of aromatic carboxylic acids is 1. The molecule has 3 rings (SSSR count). The van der Waals surface area contributed by atoms with Gasteiger partial charge in [0, 0.05) is 0 Å². The van der Waals surface area contributed by atoms with E-state index in [9.17, 15) is 13.6 Å². The van der Waals surface area contributed by atoms with Crippen molar-refractivity contribution in [1.82, 2.24) is 0 Å². The third-order valence-corrected chi connectivity index (χ3v) is 6.32. The fraction of sp³-hybridized carbons (Fsp3) is 0.480. The highest BCUT2D eigenvalue weighted by atomic mass is 19.1. The molecule has 0 bridgehead atoms. The second-order valence-corrected chi connectivity index (χ2v) is 8.38. The van der Waals surface area contributed by atoms with Crippen LogP contribution in [-0.4, -0.2) is 11.1 Å². The first-order chi connectivity index (χ1) is 14.0. The summed E-state index contributed by atoms with van der Waals surface area (Å²) in [7, 11) is 0. The average Bonchev–Trinajstić information content (AvgIpc) is 2.71. The van der Waals surface area contributed by atoms with E-state index in [1.807, 2.05) is 24.3 Å². The van der Waals surface area contributed by atoms with Gasteiger partial charge in [-0.3, -0.25) is 0 Å². The SMILES string of the molecule is CCCC[C@H]1CC[C@H](CCc2ccc(-c3cc(F)c(C(=O)O)c(F)c3)cc2)CC1. The van der Waals surface area contributed by atoms with Crippen molar-refractivity contribution < 1.29 is 18.7 Å².